The van der Waals surface area contributed by atoms with Gasteiger partial charge in [0.25, 0.3) is 0 Å². The maximum Gasteiger partial charge on any atom is 0.227 e. The van der Waals surface area contributed by atoms with Gasteiger partial charge in [-0.05, 0) is 24.3 Å². The molecule has 0 N–H and O–H groups in total. The van der Waals surface area contributed by atoms with Crippen LogP contribution in [0.4, 0.5) is 5.69 Å². The van der Waals surface area contributed by atoms with E-state index in [1.807, 2.05) is 29.6 Å². The highest BCUT2D eigenvalue weighted by atomic mass is 32.1. The fourth-order valence-electron chi connectivity index (χ4n) is 2.46. The molecule has 0 saturated carbocycles. The predicted molar refractivity (Wildman–Crippen MR) is 80.4 cm³/mol. The first kappa shape index (κ1) is 13.1. The van der Waals surface area contributed by atoms with Gasteiger partial charge in [0.15, 0.2) is 5.78 Å². The average molecular weight is 285 g/mol. The molecule has 0 fully saturated rings. The van der Waals surface area contributed by atoms with Gasteiger partial charge >= 0.3 is 0 Å². The Balaban J connectivity index is 1.86. The zero-order chi connectivity index (χ0) is 13.9. The van der Waals surface area contributed by atoms with Gasteiger partial charge in [0.2, 0.25) is 5.91 Å². The minimum Gasteiger partial charge on any atom is -0.303 e. The van der Waals surface area contributed by atoms with Gasteiger partial charge in [0.05, 0.1) is 12.2 Å². The Morgan fingerprint density at radius 1 is 1.15 bits per heavy atom. The molecule has 1 amide bonds. The molecule has 0 saturated heterocycles. The van der Waals surface area contributed by atoms with Crippen LogP contribution in [0.25, 0.3) is 0 Å². The number of carbonyl (C=O) groups is 2. The Hall–Kier alpha value is -1.94. The van der Waals surface area contributed by atoms with Gasteiger partial charge in [0, 0.05) is 16.9 Å². The van der Waals surface area contributed by atoms with Crippen LogP contribution in [0.2, 0.25) is 0 Å². The molecular formula is C16H15NO2S. The minimum absolute atomic E-state index is 0.0157. The van der Waals surface area contributed by atoms with Gasteiger partial charge in [-0.25, -0.2) is 0 Å². The summed E-state index contributed by atoms with van der Waals surface area (Å²) < 4.78 is 0. The van der Waals surface area contributed by atoms with E-state index >= 15 is 0 Å². The smallest absolute Gasteiger partial charge is 0.227 e. The van der Waals surface area contributed by atoms with Crippen molar-refractivity contribution >= 4 is 28.7 Å². The second-order valence-electron chi connectivity index (χ2n) is 4.85. The predicted octanol–water partition coefficient (Wildman–Crippen LogP) is 3.30. The van der Waals surface area contributed by atoms with Crippen LogP contribution in [0.15, 0.2) is 41.8 Å². The van der Waals surface area contributed by atoms with Crippen LogP contribution in [0.1, 0.15) is 28.1 Å². The summed E-state index contributed by atoms with van der Waals surface area (Å²) >= 11 is 1.66. The Morgan fingerprint density at radius 2 is 1.95 bits per heavy atom. The normalized spacial score (nSPS) is 14.8. The second kappa shape index (κ2) is 5.59. The van der Waals surface area contributed by atoms with Crippen LogP contribution in [0.3, 0.4) is 0 Å². The summed E-state index contributed by atoms with van der Waals surface area (Å²) in [6, 6.07) is 11.1. The third kappa shape index (κ3) is 2.51. The summed E-state index contributed by atoms with van der Waals surface area (Å²) in [5.74, 6) is 0.0319. The van der Waals surface area contributed by atoms with Crippen molar-refractivity contribution < 1.29 is 9.59 Å². The number of anilines is 1. The highest BCUT2D eigenvalue weighted by Crippen LogP contribution is 2.31. The van der Waals surface area contributed by atoms with Crippen molar-refractivity contribution in [1.29, 1.82) is 0 Å². The van der Waals surface area contributed by atoms with E-state index in [4.69, 9.17) is 0 Å². The molecule has 2 heterocycles. The first-order chi connectivity index (χ1) is 9.75. The quantitative estimate of drug-likeness (QED) is 0.811. The molecule has 2 aromatic rings. The number of ketones is 1. The van der Waals surface area contributed by atoms with E-state index in [0.29, 0.717) is 12.0 Å². The molecule has 1 aromatic heterocycles. The van der Waals surface area contributed by atoms with Gasteiger partial charge in [-0.15, -0.1) is 11.3 Å². The summed E-state index contributed by atoms with van der Waals surface area (Å²) in [6.07, 6.45) is 2.31. The minimum atomic E-state index is -0.0157. The molecule has 1 aliphatic heterocycles. The standard InChI is InChI=1S/C16H15NO2S/c18-14(12-5-2-1-3-6-12)11-17-13-9-10-20-15(13)7-4-8-16(17)19/h1-3,5-6,9-10H,4,7-8,11H2. The number of nitrogens with zero attached hydrogens (tertiary/aromatic N) is 1. The number of benzene rings is 1. The Labute approximate surface area is 121 Å². The molecule has 0 spiro atoms. The number of hydrogen-bond acceptors (Lipinski definition) is 3. The SMILES string of the molecule is O=C(CN1C(=O)CCCc2sccc21)c1ccccc1. The Kier molecular flexibility index (Phi) is 3.65. The van der Waals surface area contributed by atoms with Crippen molar-refractivity contribution in [2.45, 2.75) is 19.3 Å². The topological polar surface area (TPSA) is 37.4 Å². The van der Waals surface area contributed by atoms with E-state index in [2.05, 4.69) is 0 Å². The van der Waals surface area contributed by atoms with Crippen molar-refractivity contribution in [1.82, 2.24) is 0 Å². The van der Waals surface area contributed by atoms with E-state index in [9.17, 15) is 9.59 Å². The number of aryl methyl sites for hydroxylation is 1. The van der Waals surface area contributed by atoms with Gasteiger partial charge < -0.3 is 4.90 Å². The third-order valence-electron chi connectivity index (χ3n) is 3.51. The number of Topliss-reactive ketones (excluding diaryl/α,β-unsaturated/α-hetero) is 1. The van der Waals surface area contributed by atoms with Crippen LogP contribution in [0.5, 0.6) is 0 Å². The number of fused-ring (bicyclic) bond motifs is 1. The molecule has 102 valence electrons. The molecule has 20 heavy (non-hydrogen) atoms. The molecular weight excluding hydrogens is 270 g/mol. The molecule has 0 unspecified atom stereocenters. The van der Waals surface area contributed by atoms with E-state index in [1.165, 1.54) is 4.88 Å². The van der Waals surface area contributed by atoms with E-state index in [0.717, 1.165) is 18.5 Å². The summed E-state index contributed by atoms with van der Waals surface area (Å²) in [5.41, 5.74) is 1.57. The fourth-order valence-corrected chi connectivity index (χ4v) is 3.39. The zero-order valence-corrected chi connectivity index (χ0v) is 11.9. The zero-order valence-electron chi connectivity index (χ0n) is 11.0. The van der Waals surface area contributed by atoms with Crippen molar-refractivity contribution in [3.8, 4) is 0 Å². The Morgan fingerprint density at radius 3 is 2.75 bits per heavy atom. The summed E-state index contributed by atoms with van der Waals surface area (Å²) in [6.45, 7) is 0.132. The summed E-state index contributed by atoms with van der Waals surface area (Å²) in [5, 5.41) is 1.99. The lowest BCUT2D eigenvalue weighted by molar-refractivity contribution is -0.118. The van der Waals surface area contributed by atoms with Crippen LogP contribution in [0, 0.1) is 0 Å². The largest absolute Gasteiger partial charge is 0.303 e. The molecule has 3 nitrogen and oxygen atoms in total. The maximum atomic E-state index is 12.3. The second-order valence-corrected chi connectivity index (χ2v) is 5.85. The molecule has 4 heteroatoms. The van der Waals surface area contributed by atoms with Gasteiger partial charge in [-0.3, -0.25) is 9.59 Å². The molecule has 3 rings (SSSR count). The molecule has 1 aliphatic rings. The van der Waals surface area contributed by atoms with Crippen molar-refractivity contribution in [2.24, 2.45) is 0 Å². The van der Waals surface area contributed by atoms with Crippen LogP contribution in [-0.2, 0) is 11.2 Å². The van der Waals surface area contributed by atoms with Crippen LogP contribution in [-0.4, -0.2) is 18.2 Å². The summed E-state index contributed by atoms with van der Waals surface area (Å²) in [7, 11) is 0. The molecule has 0 radical (unpaired) electrons. The average Bonchev–Trinajstić information content (AvgIpc) is 2.88. The highest BCUT2D eigenvalue weighted by Gasteiger charge is 2.25. The fraction of sp³-hybridized carbons (Fsp3) is 0.250. The van der Waals surface area contributed by atoms with Gasteiger partial charge in [0.1, 0.15) is 0 Å². The van der Waals surface area contributed by atoms with Crippen molar-refractivity contribution in [2.75, 3.05) is 11.4 Å². The van der Waals surface area contributed by atoms with Crippen LogP contribution >= 0.6 is 11.3 Å². The molecule has 1 aromatic carbocycles. The number of thiophene rings is 1. The van der Waals surface area contributed by atoms with Crippen LogP contribution < -0.4 is 4.90 Å². The van der Waals surface area contributed by atoms with Crippen molar-refractivity contribution in [3.05, 3.63) is 52.2 Å². The lowest BCUT2D eigenvalue weighted by Gasteiger charge is -2.20. The van der Waals surface area contributed by atoms with E-state index < -0.39 is 0 Å². The lowest BCUT2D eigenvalue weighted by atomic mass is 10.1. The van der Waals surface area contributed by atoms with Gasteiger partial charge in [-0.1, -0.05) is 30.3 Å². The summed E-state index contributed by atoms with van der Waals surface area (Å²) in [4.78, 5) is 27.4. The van der Waals surface area contributed by atoms with Gasteiger partial charge in [-0.2, -0.15) is 0 Å². The third-order valence-corrected chi connectivity index (χ3v) is 4.48. The molecule has 0 atom stereocenters. The lowest BCUT2D eigenvalue weighted by Crippen LogP contribution is -2.35. The maximum absolute atomic E-state index is 12.3. The number of hydrogen-bond donors (Lipinski definition) is 0. The number of amides is 1. The number of rotatable bonds is 3. The monoisotopic (exact) mass is 285 g/mol. The number of carbonyl (C=O) groups excluding carboxylic acids is 2. The first-order valence-corrected chi connectivity index (χ1v) is 7.58. The van der Waals surface area contributed by atoms with E-state index in [1.54, 1.807) is 28.4 Å². The Bertz CT molecular complexity index is 633. The van der Waals surface area contributed by atoms with E-state index in [-0.39, 0.29) is 18.2 Å². The molecule has 0 bridgehead atoms. The highest BCUT2D eigenvalue weighted by molar-refractivity contribution is 7.10. The van der Waals surface area contributed by atoms with Crippen molar-refractivity contribution in [3.63, 3.8) is 0 Å². The molecule has 0 aliphatic carbocycles. The first-order valence-electron chi connectivity index (χ1n) is 6.70.